The number of hydrogen-bond donors (Lipinski definition) is 1. The summed E-state index contributed by atoms with van der Waals surface area (Å²) in [6, 6.07) is 6.36. The lowest BCUT2D eigenvalue weighted by molar-refractivity contribution is -0.129. The SMILES string of the molecule is C=C\C=C(/N=C(\C=C(/N)C(=O)N1CCN(C2CC2)CC1)CCC)c1ccc(OC)c(OC)c1. The molecule has 1 aliphatic carbocycles. The van der Waals surface area contributed by atoms with Gasteiger partial charge in [0.05, 0.1) is 25.6 Å². The number of carbonyl (C=O) groups is 1. The van der Waals surface area contributed by atoms with Crippen LogP contribution in [-0.2, 0) is 4.79 Å². The zero-order valence-electron chi connectivity index (χ0n) is 20.0. The van der Waals surface area contributed by atoms with Crippen LogP contribution in [0.4, 0.5) is 0 Å². The van der Waals surface area contributed by atoms with E-state index >= 15 is 0 Å². The molecule has 2 aliphatic rings. The molecule has 1 aliphatic heterocycles. The van der Waals surface area contributed by atoms with Gasteiger partial charge in [-0.2, -0.15) is 0 Å². The van der Waals surface area contributed by atoms with E-state index in [0.717, 1.165) is 49.9 Å². The van der Waals surface area contributed by atoms with Gasteiger partial charge in [0.25, 0.3) is 5.91 Å². The Balaban J connectivity index is 1.80. The molecule has 1 heterocycles. The van der Waals surface area contributed by atoms with E-state index in [0.29, 0.717) is 23.6 Å². The monoisotopic (exact) mass is 452 g/mol. The predicted molar refractivity (Wildman–Crippen MR) is 134 cm³/mol. The fourth-order valence-corrected chi connectivity index (χ4v) is 4.03. The summed E-state index contributed by atoms with van der Waals surface area (Å²) in [5.41, 5.74) is 8.81. The van der Waals surface area contributed by atoms with Crippen LogP contribution in [0.5, 0.6) is 11.5 Å². The smallest absolute Gasteiger partial charge is 0.269 e. The summed E-state index contributed by atoms with van der Waals surface area (Å²) in [5.74, 6) is 1.15. The molecule has 33 heavy (non-hydrogen) atoms. The lowest BCUT2D eigenvalue weighted by Gasteiger charge is -2.34. The van der Waals surface area contributed by atoms with Crippen LogP contribution in [0.2, 0.25) is 0 Å². The van der Waals surface area contributed by atoms with E-state index in [2.05, 4.69) is 18.4 Å². The Morgan fingerprint density at radius 1 is 1.18 bits per heavy atom. The van der Waals surface area contributed by atoms with E-state index in [9.17, 15) is 4.79 Å². The van der Waals surface area contributed by atoms with Gasteiger partial charge in [-0.15, -0.1) is 0 Å². The fraction of sp³-hybridized carbons (Fsp3) is 0.462. The Kier molecular flexibility index (Phi) is 8.72. The van der Waals surface area contributed by atoms with E-state index in [1.807, 2.05) is 29.2 Å². The summed E-state index contributed by atoms with van der Waals surface area (Å²) in [4.78, 5) is 22.1. The van der Waals surface area contributed by atoms with Crippen molar-refractivity contribution >= 4 is 17.3 Å². The summed E-state index contributed by atoms with van der Waals surface area (Å²) in [6.45, 7) is 9.18. The van der Waals surface area contributed by atoms with Crippen LogP contribution < -0.4 is 15.2 Å². The van der Waals surface area contributed by atoms with Gasteiger partial charge in [-0.05, 0) is 49.6 Å². The molecule has 2 N–H and O–H groups in total. The Labute approximate surface area is 197 Å². The minimum absolute atomic E-state index is 0.116. The van der Waals surface area contributed by atoms with Crippen molar-refractivity contribution in [2.45, 2.75) is 38.6 Å². The minimum atomic E-state index is -0.116. The number of rotatable bonds is 10. The molecule has 1 amide bonds. The van der Waals surface area contributed by atoms with Crippen LogP contribution in [0.15, 0.2) is 53.7 Å². The third-order valence-corrected chi connectivity index (χ3v) is 5.96. The van der Waals surface area contributed by atoms with Gasteiger partial charge in [0.1, 0.15) is 0 Å². The first-order valence-electron chi connectivity index (χ1n) is 11.6. The van der Waals surface area contributed by atoms with E-state index in [4.69, 9.17) is 20.2 Å². The second kappa shape index (κ2) is 11.7. The van der Waals surface area contributed by atoms with Crippen molar-refractivity contribution in [3.8, 4) is 11.5 Å². The molecule has 0 atom stereocenters. The molecule has 7 nitrogen and oxygen atoms in total. The van der Waals surface area contributed by atoms with Crippen molar-refractivity contribution in [3.63, 3.8) is 0 Å². The Morgan fingerprint density at radius 2 is 1.88 bits per heavy atom. The predicted octanol–water partition coefficient (Wildman–Crippen LogP) is 3.62. The van der Waals surface area contributed by atoms with Crippen molar-refractivity contribution in [1.29, 1.82) is 0 Å². The first kappa shape index (κ1) is 24.6. The maximum atomic E-state index is 13.0. The number of allylic oxidation sites excluding steroid dienone is 3. The molecule has 2 fully saturated rings. The molecule has 0 unspecified atom stereocenters. The van der Waals surface area contributed by atoms with Crippen LogP contribution in [0.25, 0.3) is 5.70 Å². The maximum absolute atomic E-state index is 13.0. The first-order valence-corrected chi connectivity index (χ1v) is 11.6. The van der Waals surface area contributed by atoms with Crippen molar-refractivity contribution in [3.05, 3.63) is 54.3 Å². The quantitative estimate of drug-likeness (QED) is 0.333. The van der Waals surface area contributed by atoms with Crippen LogP contribution in [0.3, 0.4) is 0 Å². The number of carbonyl (C=O) groups excluding carboxylic acids is 1. The van der Waals surface area contributed by atoms with Gasteiger partial charge < -0.3 is 20.1 Å². The highest BCUT2D eigenvalue weighted by atomic mass is 16.5. The normalized spacial score (nSPS) is 18.3. The standard InChI is InChI=1S/C26H36N4O3/c1-5-7-20(18-22(27)26(31)30-15-13-29(14-16-30)21-10-11-21)28-23(8-6-2)19-9-12-24(32-3)25(17-19)33-4/h6,8-9,12,17-18,21H,2,5,7,10-11,13-16,27H2,1,3-4H3/b22-18-,23-8-,28-20-. The zero-order chi connectivity index (χ0) is 23.8. The van der Waals surface area contributed by atoms with Crippen LogP contribution in [-0.4, -0.2) is 67.9 Å². The molecular formula is C26H36N4O3. The number of ether oxygens (including phenoxy) is 2. The van der Waals surface area contributed by atoms with Gasteiger partial charge in [0.2, 0.25) is 0 Å². The molecule has 1 saturated heterocycles. The number of amides is 1. The number of hydrogen-bond acceptors (Lipinski definition) is 6. The van der Waals surface area contributed by atoms with Crippen LogP contribution in [0, 0.1) is 0 Å². The van der Waals surface area contributed by atoms with Gasteiger partial charge >= 0.3 is 0 Å². The first-order chi connectivity index (χ1) is 16.0. The summed E-state index contributed by atoms with van der Waals surface area (Å²) in [6.07, 6.45) is 9.39. The van der Waals surface area contributed by atoms with E-state index in [1.165, 1.54) is 12.8 Å². The zero-order valence-corrected chi connectivity index (χ0v) is 20.0. The van der Waals surface area contributed by atoms with Gasteiger partial charge in [-0.1, -0.05) is 26.0 Å². The molecule has 0 spiro atoms. The number of benzene rings is 1. The van der Waals surface area contributed by atoms with Crippen LogP contribution in [0.1, 0.15) is 38.2 Å². The highest BCUT2D eigenvalue weighted by molar-refractivity contribution is 6.05. The Bertz CT molecular complexity index is 939. The van der Waals surface area contributed by atoms with Crippen molar-refractivity contribution in [1.82, 2.24) is 9.80 Å². The second-order valence-corrected chi connectivity index (χ2v) is 8.37. The van der Waals surface area contributed by atoms with Gasteiger partial charge in [0.15, 0.2) is 11.5 Å². The summed E-state index contributed by atoms with van der Waals surface area (Å²) < 4.78 is 10.8. The van der Waals surface area contributed by atoms with Gasteiger partial charge in [0, 0.05) is 43.5 Å². The van der Waals surface area contributed by atoms with Crippen molar-refractivity contribution < 1.29 is 14.3 Å². The largest absolute Gasteiger partial charge is 0.493 e. The number of nitrogens with two attached hydrogens (primary N) is 1. The summed E-state index contributed by atoms with van der Waals surface area (Å²) in [5, 5.41) is 0. The Hall–Kier alpha value is -3.06. The lowest BCUT2D eigenvalue weighted by atomic mass is 10.1. The van der Waals surface area contributed by atoms with E-state index in [-0.39, 0.29) is 11.6 Å². The average Bonchev–Trinajstić information content (AvgIpc) is 3.68. The summed E-state index contributed by atoms with van der Waals surface area (Å²) >= 11 is 0. The highest BCUT2D eigenvalue weighted by Crippen LogP contribution is 2.31. The molecule has 0 aromatic heterocycles. The number of nitrogens with zero attached hydrogens (tertiary/aromatic N) is 3. The molecule has 178 valence electrons. The number of methoxy groups -OCH3 is 2. The number of piperazine rings is 1. The van der Waals surface area contributed by atoms with E-state index in [1.54, 1.807) is 26.4 Å². The van der Waals surface area contributed by atoms with Crippen molar-refractivity contribution in [2.75, 3.05) is 40.4 Å². The maximum Gasteiger partial charge on any atom is 0.269 e. The fourth-order valence-electron chi connectivity index (χ4n) is 4.03. The third-order valence-electron chi connectivity index (χ3n) is 5.96. The highest BCUT2D eigenvalue weighted by Gasteiger charge is 2.32. The minimum Gasteiger partial charge on any atom is -0.493 e. The lowest BCUT2D eigenvalue weighted by Crippen LogP contribution is -2.50. The third kappa shape index (κ3) is 6.48. The molecule has 1 saturated carbocycles. The van der Waals surface area contributed by atoms with Gasteiger partial charge in [-0.3, -0.25) is 14.7 Å². The molecule has 0 radical (unpaired) electrons. The molecule has 3 rings (SSSR count). The molecule has 1 aromatic rings. The van der Waals surface area contributed by atoms with Crippen LogP contribution >= 0.6 is 0 Å². The molecular weight excluding hydrogens is 416 g/mol. The molecule has 7 heteroatoms. The average molecular weight is 453 g/mol. The topological polar surface area (TPSA) is 80.4 Å². The second-order valence-electron chi connectivity index (χ2n) is 8.37. The van der Waals surface area contributed by atoms with Gasteiger partial charge in [-0.25, -0.2) is 0 Å². The Morgan fingerprint density at radius 3 is 2.45 bits per heavy atom. The van der Waals surface area contributed by atoms with Crippen molar-refractivity contribution in [2.24, 2.45) is 10.7 Å². The molecule has 0 bridgehead atoms. The van der Waals surface area contributed by atoms with E-state index < -0.39 is 0 Å². The number of aliphatic imine (C=N–C) groups is 1. The summed E-state index contributed by atoms with van der Waals surface area (Å²) in [7, 11) is 3.20. The molecule has 1 aromatic carbocycles.